The van der Waals surface area contributed by atoms with Crippen LogP contribution in [0.3, 0.4) is 0 Å². The summed E-state index contributed by atoms with van der Waals surface area (Å²) in [6, 6.07) is 12.9. The molecule has 1 aliphatic rings. The Kier molecular flexibility index (Phi) is 4.72. The molecule has 3 rings (SSSR count). The van der Waals surface area contributed by atoms with Crippen molar-refractivity contribution in [3.8, 4) is 11.5 Å². The van der Waals surface area contributed by atoms with Crippen LogP contribution in [0.5, 0.6) is 11.5 Å². The smallest absolute Gasteiger partial charge is 0.258 e. The van der Waals surface area contributed by atoms with Gasteiger partial charge in [-0.3, -0.25) is 4.79 Å². The van der Waals surface area contributed by atoms with E-state index in [0.717, 1.165) is 12.1 Å². The average molecular weight is 332 g/mol. The van der Waals surface area contributed by atoms with Crippen LogP contribution in [0.2, 0.25) is 5.02 Å². The highest BCUT2D eigenvalue weighted by atomic mass is 35.5. The molecule has 2 aromatic carbocycles. The summed E-state index contributed by atoms with van der Waals surface area (Å²) in [6.07, 6.45) is 0.791. The Labute approximate surface area is 140 Å². The van der Waals surface area contributed by atoms with E-state index in [4.69, 9.17) is 21.1 Å². The van der Waals surface area contributed by atoms with Crippen molar-refractivity contribution >= 4 is 23.2 Å². The molecule has 5 heteroatoms. The number of ether oxygens (including phenoxy) is 2. The maximum atomic E-state index is 12.9. The first-order valence-corrected chi connectivity index (χ1v) is 8.04. The minimum atomic E-state index is -0.115. The molecule has 0 fully saturated rings. The van der Waals surface area contributed by atoms with Crippen LogP contribution >= 0.6 is 11.6 Å². The predicted octanol–water partition coefficient (Wildman–Crippen LogP) is 4.17. The van der Waals surface area contributed by atoms with E-state index in [0.29, 0.717) is 41.8 Å². The fourth-order valence-electron chi connectivity index (χ4n) is 2.56. The molecule has 0 bridgehead atoms. The van der Waals surface area contributed by atoms with Crippen molar-refractivity contribution in [1.82, 2.24) is 0 Å². The van der Waals surface area contributed by atoms with Crippen molar-refractivity contribution in [3.05, 3.63) is 53.1 Å². The van der Waals surface area contributed by atoms with Gasteiger partial charge in [0, 0.05) is 24.2 Å². The number of hydrogen-bond acceptors (Lipinski definition) is 3. The van der Waals surface area contributed by atoms with E-state index in [1.807, 2.05) is 37.3 Å². The number of amides is 1. The van der Waals surface area contributed by atoms with Crippen LogP contribution < -0.4 is 14.4 Å². The highest BCUT2D eigenvalue weighted by molar-refractivity contribution is 6.32. The predicted molar refractivity (Wildman–Crippen MR) is 90.9 cm³/mol. The van der Waals surface area contributed by atoms with Gasteiger partial charge in [0.1, 0.15) is 0 Å². The average Bonchev–Trinajstić information content (AvgIpc) is 2.82. The highest BCUT2D eigenvalue weighted by Gasteiger charge is 2.21. The van der Waals surface area contributed by atoms with E-state index >= 15 is 0 Å². The lowest BCUT2D eigenvalue weighted by Crippen LogP contribution is -2.30. The van der Waals surface area contributed by atoms with E-state index < -0.39 is 0 Å². The minimum absolute atomic E-state index is 0.115. The Hall–Kier alpha value is -2.20. The second kappa shape index (κ2) is 6.92. The Morgan fingerprint density at radius 3 is 2.65 bits per heavy atom. The number of benzene rings is 2. The number of carbonyl (C=O) groups excluding carboxylic acids is 1. The van der Waals surface area contributed by atoms with Gasteiger partial charge >= 0.3 is 0 Å². The molecule has 0 unspecified atom stereocenters. The topological polar surface area (TPSA) is 38.8 Å². The second-order valence-electron chi connectivity index (χ2n) is 5.22. The number of hydrogen-bond donors (Lipinski definition) is 0. The number of carbonyl (C=O) groups is 1. The fourth-order valence-corrected chi connectivity index (χ4v) is 2.83. The summed E-state index contributed by atoms with van der Waals surface area (Å²) in [5.41, 5.74) is 1.34. The van der Waals surface area contributed by atoms with Crippen molar-refractivity contribution < 1.29 is 14.3 Å². The summed E-state index contributed by atoms with van der Waals surface area (Å²) < 4.78 is 11.3. The van der Waals surface area contributed by atoms with Gasteiger partial charge < -0.3 is 14.4 Å². The SMILES string of the molecule is CCN(C(=O)c1cc(Cl)c2c(c1)OCCCO2)c1ccccc1. The summed E-state index contributed by atoms with van der Waals surface area (Å²) in [5, 5.41) is 0.400. The van der Waals surface area contributed by atoms with Crippen LogP contribution in [0.25, 0.3) is 0 Å². The van der Waals surface area contributed by atoms with E-state index in [1.165, 1.54) is 0 Å². The third kappa shape index (κ3) is 3.27. The first kappa shape index (κ1) is 15.7. The standard InChI is InChI=1S/C18H18ClNO3/c1-2-20(14-7-4-3-5-8-14)18(21)13-11-15(19)17-16(12-13)22-9-6-10-23-17/h3-5,7-8,11-12H,2,6,9-10H2,1H3. The van der Waals surface area contributed by atoms with Crippen molar-refractivity contribution in [2.45, 2.75) is 13.3 Å². The van der Waals surface area contributed by atoms with Gasteiger partial charge in [-0.15, -0.1) is 0 Å². The summed E-state index contributed by atoms with van der Waals surface area (Å²) in [7, 11) is 0. The van der Waals surface area contributed by atoms with E-state index in [9.17, 15) is 4.79 Å². The number of nitrogens with zero attached hydrogens (tertiary/aromatic N) is 1. The zero-order valence-corrected chi connectivity index (χ0v) is 13.7. The molecule has 1 heterocycles. The fraction of sp³-hybridized carbons (Fsp3) is 0.278. The molecular weight excluding hydrogens is 314 g/mol. The van der Waals surface area contributed by atoms with Gasteiger partial charge in [-0.1, -0.05) is 29.8 Å². The molecule has 23 heavy (non-hydrogen) atoms. The van der Waals surface area contributed by atoms with Gasteiger partial charge in [0.25, 0.3) is 5.91 Å². The monoisotopic (exact) mass is 331 g/mol. The summed E-state index contributed by atoms with van der Waals surface area (Å²) in [4.78, 5) is 14.6. The molecule has 0 N–H and O–H groups in total. The Morgan fingerprint density at radius 1 is 1.17 bits per heavy atom. The van der Waals surface area contributed by atoms with Gasteiger partial charge in [-0.25, -0.2) is 0 Å². The second-order valence-corrected chi connectivity index (χ2v) is 5.63. The van der Waals surface area contributed by atoms with E-state index in [1.54, 1.807) is 17.0 Å². The third-order valence-corrected chi connectivity index (χ3v) is 3.96. The minimum Gasteiger partial charge on any atom is -0.489 e. The first-order valence-electron chi connectivity index (χ1n) is 7.66. The lowest BCUT2D eigenvalue weighted by atomic mass is 10.1. The van der Waals surface area contributed by atoms with Crippen LogP contribution in [-0.2, 0) is 0 Å². The van der Waals surface area contributed by atoms with Gasteiger partial charge in [0.2, 0.25) is 0 Å². The number of para-hydroxylation sites is 1. The van der Waals surface area contributed by atoms with Crippen molar-refractivity contribution in [1.29, 1.82) is 0 Å². The van der Waals surface area contributed by atoms with Crippen LogP contribution in [-0.4, -0.2) is 25.7 Å². The number of fused-ring (bicyclic) bond motifs is 1. The van der Waals surface area contributed by atoms with Crippen LogP contribution in [0.15, 0.2) is 42.5 Å². The molecule has 0 aliphatic carbocycles. The number of anilines is 1. The van der Waals surface area contributed by atoms with E-state index in [2.05, 4.69) is 0 Å². The molecule has 0 saturated carbocycles. The largest absolute Gasteiger partial charge is 0.489 e. The normalized spacial score (nSPS) is 13.3. The molecule has 0 spiro atoms. The summed E-state index contributed by atoms with van der Waals surface area (Å²) >= 11 is 6.28. The maximum absolute atomic E-state index is 12.9. The molecule has 4 nitrogen and oxygen atoms in total. The molecular formula is C18H18ClNO3. The molecule has 0 aromatic heterocycles. The highest BCUT2D eigenvalue weighted by Crippen LogP contribution is 2.38. The van der Waals surface area contributed by atoms with Gasteiger partial charge in [0.05, 0.1) is 18.2 Å². The Morgan fingerprint density at radius 2 is 1.91 bits per heavy atom. The molecule has 1 aliphatic heterocycles. The number of rotatable bonds is 3. The number of halogens is 1. The summed E-state index contributed by atoms with van der Waals surface area (Å²) in [6.45, 7) is 3.62. The van der Waals surface area contributed by atoms with Gasteiger partial charge in [-0.2, -0.15) is 0 Å². The summed E-state index contributed by atoms with van der Waals surface area (Å²) in [5.74, 6) is 0.933. The zero-order chi connectivity index (χ0) is 16.2. The third-order valence-electron chi connectivity index (χ3n) is 3.68. The molecule has 2 aromatic rings. The van der Waals surface area contributed by atoms with Crippen molar-refractivity contribution in [2.75, 3.05) is 24.7 Å². The lowest BCUT2D eigenvalue weighted by Gasteiger charge is -2.22. The van der Waals surface area contributed by atoms with Crippen molar-refractivity contribution in [2.24, 2.45) is 0 Å². The Bertz CT molecular complexity index is 703. The van der Waals surface area contributed by atoms with Crippen LogP contribution in [0.1, 0.15) is 23.7 Å². The molecule has 0 saturated heterocycles. The Balaban J connectivity index is 1.96. The maximum Gasteiger partial charge on any atom is 0.258 e. The van der Waals surface area contributed by atoms with Gasteiger partial charge in [0.15, 0.2) is 11.5 Å². The lowest BCUT2D eigenvalue weighted by molar-refractivity contribution is 0.0988. The van der Waals surface area contributed by atoms with Crippen LogP contribution in [0.4, 0.5) is 5.69 Å². The molecule has 120 valence electrons. The van der Waals surface area contributed by atoms with Crippen LogP contribution in [0, 0.1) is 0 Å². The first-order chi connectivity index (χ1) is 11.2. The van der Waals surface area contributed by atoms with E-state index in [-0.39, 0.29) is 5.91 Å². The molecule has 0 atom stereocenters. The molecule has 1 amide bonds. The quantitative estimate of drug-likeness (QED) is 0.847. The zero-order valence-electron chi connectivity index (χ0n) is 12.9. The van der Waals surface area contributed by atoms with Gasteiger partial charge in [-0.05, 0) is 31.2 Å². The molecule has 0 radical (unpaired) electrons. The van der Waals surface area contributed by atoms with Crippen molar-refractivity contribution in [3.63, 3.8) is 0 Å².